The minimum atomic E-state index is -5.07. The van der Waals surface area contributed by atoms with Crippen LogP contribution in [0.25, 0.3) is 11.1 Å². The number of hydrogen-bond donors (Lipinski definition) is 0. The van der Waals surface area contributed by atoms with E-state index in [1.54, 1.807) is 0 Å². The topological polar surface area (TPSA) is 9.23 Å². The summed E-state index contributed by atoms with van der Waals surface area (Å²) in [5.74, 6) is -2.84. The Bertz CT molecular complexity index is 1050. The van der Waals surface area contributed by atoms with E-state index in [9.17, 15) is 22.0 Å². The Hall–Kier alpha value is -2.44. The van der Waals surface area contributed by atoms with Crippen molar-refractivity contribution in [2.75, 3.05) is 0 Å². The Kier molecular flexibility index (Phi) is 6.78. The first-order valence-corrected chi connectivity index (χ1v) is 11.4. The van der Waals surface area contributed by atoms with Crippen molar-refractivity contribution in [3.05, 3.63) is 64.5 Å². The van der Waals surface area contributed by atoms with Crippen molar-refractivity contribution in [2.24, 2.45) is 11.8 Å². The lowest BCUT2D eigenvalue weighted by molar-refractivity contribution is -0.275. The molecule has 2 aromatic carbocycles. The van der Waals surface area contributed by atoms with Crippen molar-refractivity contribution >= 4 is 0 Å². The Morgan fingerprint density at radius 3 is 2.33 bits per heavy atom. The first-order chi connectivity index (χ1) is 15.7. The van der Waals surface area contributed by atoms with Gasteiger partial charge in [0.15, 0.2) is 11.6 Å². The summed E-state index contributed by atoms with van der Waals surface area (Å²) in [6.45, 7) is 2.20. The van der Waals surface area contributed by atoms with Gasteiger partial charge in [0.2, 0.25) is 0 Å². The van der Waals surface area contributed by atoms with Gasteiger partial charge in [-0.3, -0.25) is 0 Å². The van der Waals surface area contributed by atoms with Gasteiger partial charge in [0.25, 0.3) is 0 Å². The SMILES string of the molecule is CCCC1CCC(C2=CCc3c(cc(F)c(-c4ccc(OC(F)(F)F)c(F)c4)c3F)C2)CC1. The summed E-state index contributed by atoms with van der Waals surface area (Å²) in [7, 11) is 0. The van der Waals surface area contributed by atoms with Gasteiger partial charge in [-0.25, -0.2) is 13.2 Å². The lowest BCUT2D eigenvalue weighted by atomic mass is 9.73. The van der Waals surface area contributed by atoms with Crippen LogP contribution in [0.3, 0.4) is 0 Å². The van der Waals surface area contributed by atoms with Gasteiger partial charge >= 0.3 is 6.36 Å². The number of allylic oxidation sites excluding steroid dienone is 2. The first kappa shape index (κ1) is 23.7. The van der Waals surface area contributed by atoms with Crippen molar-refractivity contribution in [2.45, 2.75) is 64.7 Å². The van der Waals surface area contributed by atoms with E-state index in [1.807, 2.05) is 6.08 Å². The second-order valence-corrected chi connectivity index (χ2v) is 9.04. The van der Waals surface area contributed by atoms with Gasteiger partial charge in [0, 0.05) is 0 Å². The van der Waals surface area contributed by atoms with E-state index in [0.29, 0.717) is 36.0 Å². The predicted molar refractivity (Wildman–Crippen MR) is 114 cm³/mol. The van der Waals surface area contributed by atoms with Crippen LogP contribution in [-0.4, -0.2) is 6.36 Å². The molecule has 0 radical (unpaired) electrons. The maximum absolute atomic E-state index is 15.3. The van der Waals surface area contributed by atoms with Crippen LogP contribution in [0.1, 0.15) is 56.6 Å². The van der Waals surface area contributed by atoms with E-state index in [0.717, 1.165) is 30.9 Å². The van der Waals surface area contributed by atoms with Crippen LogP contribution < -0.4 is 4.74 Å². The lowest BCUT2D eigenvalue weighted by Crippen LogP contribution is -2.20. The third-order valence-corrected chi connectivity index (χ3v) is 6.89. The summed E-state index contributed by atoms with van der Waals surface area (Å²) in [6, 6.07) is 3.69. The van der Waals surface area contributed by atoms with Crippen molar-refractivity contribution in [3.63, 3.8) is 0 Å². The summed E-state index contributed by atoms with van der Waals surface area (Å²) >= 11 is 0. The van der Waals surface area contributed by atoms with Crippen LogP contribution in [0.5, 0.6) is 5.75 Å². The van der Waals surface area contributed by atoms with Crippen LogP contribution in [-0.2, 0) is 12.8 Å². The van der Waals surface area contributed by atoms with E-state index in [4.69, 9.17) is 0 Å². The number of ether oxygens (including phenoxy) is 1. The standard InChI is InChI=1S/C26H26F6O/c1-2-3-15-4-6-16(7-5-15)17-8-10-20-19(12-17)14-22(28)24(25(20)29)18-9-11-23(21(27)13-18)33-26(30,31)32/h8-9,11,13-16H,2-7,10,12H2,1H3. The third-order valence-electron chi connectivity index (χ3n) is 6.89. The zero-order chi connectivity index (χ0) is 23.8. The number of halogens is 6. The zero-order valence-electron chi connectivity index (χ0n) is 18.4. The molecule has 33 heavy (non-hydrogen) atoms. The molecule has 178 valence electrons. The average molecular weight is 468 g/mol. The minimum Gasteiger partial charge on any atom is -0.403 e. The molecule has 2 aromatic rings. The fourth-order valence-corrected chi connectivity index (χ4v) is 5.28. The highest BCUT2D eigenvalue weighted by molar-refractivity contribution is 5.68. The van der Waals surface area contributed by atoms with Crippen molar-refractivity contribution in [3.8, 4) is 16.9 Å². The van der Waals surface area contributed by atoms with Gasteiger partial charge < -0.3 is 4.74 Å². The zero-order valence-corrected chi connectivity index (χ0v) is 18.4. The normalized spacial score (nSPS) is 20.9. The molecule has 1 saturated carbocycles. The molecule has 0 heterocycles. The number of rotatable bonds is 5. The molecule has 0 spiro atoms. The summed E-state index contributed by atoms with van der Waals surface area (Å²) in [6.07, 6.45) is 4.76. The highest BCUT2D eigenvalue weighted by Gasteiger charge is 2.33. The van der Waals surface area contributed by atoms with Crippen LogP contribution in [0, 0.1) is 29.3 Å². The van der Waals surface area contributed by atoms with Crippen LogP contribution >= 0.6 is 0 Å². The smallest absolute Gasteiger partial charge is 0.403 e. The van der Waals surface area contributed by atoms with Crippen molar-refractivity contribution in [1.82, 2.24) is 0 Å². The molecule has 2 aliphatic carbocycles. The Balaban J connectivity index is 1.56. The molecule has 2 aliphatic rings. The third kappa shape index (κ3) is 5.22. The molecule has 0 atom stereocenters. The Morgan fingerprint density at radius 1 is 0.970 bits per heavy atom. The summed E-state index contributed by atoms with van der Waals surface area (Å²) < 4.78 is 85.1. The molecule has 7 heteroatoms. The van der Waals surface area contributed by atoms with E-state index >= 15 is 4.39 Å². The minimum absolute atomic E-state index is 0.177. The monoisotopic (exact) mass is 468 g/mol. The summed E-state index contributed by atoms with van der Waals surface area (Å²) in [5.41, 5.74) is 1.54. The second kappa shape index (κ2) is 9.43. The van der Waals surface area contributed by atoms with Gasteiger partial charge in [0.05, 0.1) is 5.56 Å². The molecule has 0 N–H and O–H groups in total. The lowest BCUT2D eigenvalue weighted by Gasteiger charge is -2.32. The average Bonchev–Trinajstić information content (AvgIpc) is 2.75. The Labute approximate surface area is 189 Å². The number of fused-ring (bicyclic) bond motifs is 1. The fraction of sp³-hybridized carbons (Fsp3) is 0.462. The largest absolute Gasteiger partial charge is 0.573 e. The van der Waals surface area contributed by atoms with E-state index in [2.05, 4.69) is 11.7 Å². The first-order valence-electron chi connectivity index (χ1n) is 11.4. The van der Waals surface area contributed by atoms with Gasteiger partial charge in [-0.05, 0) is 85.3 Å². The summed E-state index contributed by atoms with van der Waals surface area (Å²) in [5, 5.41) is 0. The summed E-state index contributed by atoms with van der Waals surface area (Å²) in [4.78, 5) is 0. The molecule has 0 aliphatic heterocycles. The molecule has 0 unspecified atom stereocenters. The molecule has 0 bridgehead atoms. The van der Waals surface area contributed by atoms with Crippen LogP contribution in [0.15, 0.2) is 35.9 Å². The molecule has 0 aromatic heterocycles. The van der Waals surface area contributed by atoms with Crippen molar-refractivity contribution in [1.29, 1.82) is 0 Å². The molecular formula is C26H26F6O. The Morgan fingerprint density at radius 2 is 1.70 bits per heavy atom. The van der Waals surface area contributed by atoms with Gasteiger partial charge in [-0.15, -0.1) is 13.2 Å². The second-order valence-electron chi connectivity index (χ2n) is 9.04. The maximum atomic E-state index is 15.3. The molecule has 1 fully saturated rings. The quantitative estimate of drug-likeness (QED) is 0.317. The number of benzene rings is 2. The highest BCUT2D eigenvalue weighted by Crippen LogP contribution is 2.41. The number of alkyl halides is 3. The maximum Gasteiger partial charge on any atom is 0.573 e. The fourth-order valence-electron chi connectivity index (χ4n) is 5.28. The molecule has 1 nitrogen and oxygen atoms in total. The predicted octanol–water partition coefficient (Wildman–Crippen LogP) is 8.30. The van der Waals surface area contributed by atoms with Gasteiger partial charge in [0.1, 0.15) is 11.6 Å². The van der Waals surface area contributed by atoms with Gasteiger partial charge in [-0.2, -0.15) is 0 Å². The van der Waals surface area contributed by atoms with E-state index in [1.165, 1.54) is 37.3 Å². The number of hydrogen-bond acceptors (Lipinski definition) is 1. The molecule has 4 rings (SSSR count). The van der Waals surface area contributed by atoms with Crippen LogP contribution in [0.2, 0.25) is 0 Å². The van der Waals surface area contributed by atoms with Gasteiger partial charge in [-0.1, -0.05) is 37.5 Å². The highest BCUT2D eigenvalue weighted by atomic mass is 19.4. The van der Waals surface area contributed by atoms with Crippen molar-refractivity contribution < 1.29 is 31.1 Å². The van der Waals surface area contributed by atoms with E-state index in [-0.39, 0.29) is 5.56 Å². The molecular weight excluding hydrogens is 442 g/mol. The molecule has 0 saturated heterocycles. The van der Waals surface area contributed by atoms with E-state index < -0.39 is 35.1 Å². The molecule has 0 amide bonds. The van der Waals surface area contributed by atoms with Crippen LogP contribution in [0.4, 0.5) is 26.3 Å².